The molecule has 0 atom stereocenters. The van der Waals surface area contributed by atoms with E-state index in [4.69, 9.17) is 12.2 Å². The number of hydrogen-bond acceptors (Lipinski definition) is 3. The molecular weight excluding hydrogens is 258 g/mol. The number of rotatable bonds is 4. The fourth-order valence-corrected chi connectivity index (χ4v) is 3.06. The van der Waals surface area contributed by atoms with Gasteiger partial charge in [0.2, 0.25) is 0 Å². The van der Waals surface area contributed by atoms with E-state index in [1.807, 2.05) is 4.57 Å². The lowest BCUT2D eigenvalue weighted by Gasteiger charge is -2.16. The van der Waals surface area contributed by atoms with Crippen molar-refractivity contribution in [2.24, 2.45) is 0 Å². The maximum atomic E-state index is 12.1. The molecule has 4 nitrogen and oxygen atoms in total. The summed E-state index contributed by atoms with van der Waals surface area (Å²) in [5.74, 6) is 0. The summed E-state index contributed by atoms with van der Waals surface area (Å²) in [5.41, 5.74) is 2.35. The van der Waals surface area contributed by atoms with Gasteiger partial charge in [0.05, 0.1) is 0 Å². The van der Waals surface area contributed by atoms with Gasteiger partial charge >= 0.3 is 5.69 Å². The summed E-state index contributed by atoms with van der Waals surface area (Å²) in [7, 11) is 4.11. The van der Waals surface area contributed by atoms with Crippen LogP contribution in [0.2, 0.25) is 0 Å². The van der Waals surface area contributed by atoms with E-state index in [0.717, 1.165) is 32.4 Å². The average Bonchev–Trinajstić information content (AvgIpc) is 2.58. The van der Waals surface area contributed by atoms with Gasteiger partial charge in [-0.15, -0.1) is 0 Å². The van der Waals surface area contributed by atoms with Crippen LogP contribution in [0, 0.1) is 4.64 Å². The van der Waals surface area contributed by atoms with Crippen molar-refractivity contribution in [1.82, 2.24) is 14.5 Å². The van der Waals surface area contributed by atoms with Gasteiger partial charge in [0.15, 0.2) is 0 Å². The van der Waals surface area contributed by atoms with Gasteiger partial charge < -0.3 is 4.90 Å². The van der Waals surface area contributed by atoms with E-state index in [1.54, 1.807) is 0 Å². The Bertz CT molecular complexity index is 545. The molecule has 1 aliphatic rings. The minimum Gasteiger partial charge on any atom is -0.309 e. The molecule has 0 radical (unpaired) electrons. The quantitative estimate of drug-likeness (QED) is 0.679. The van der Waals surface area contributed by atoms with Crippen molar-refractivity contribution >= 4 is 12.2 Å². The van der Waals surface area contributed by atoms with Crippen LogP contribution < -0.4 is 5.69 Å². The fourth-order valence-electron chi connectivity index (χ4n) is 2.75. The summed E-state index contributed by atoms with van der Waals surface area (Å²) in [6, 6.07) is 0. The van der Waals surface area contributed by atoms with Crippen LogP contribution in [0.5, 0.6) is 0 Å². The standard InChI is InChI=1S/C14H23N3OS/c1-16(2)9-6-10-17-12-8-5-3-4-7-11(12)13(19)15-14(17)18/h3-10H2,1-2H3,(H,15,18,19). The maximum absolute atomic E-state index is 12.1. The Hall–Kier alpha value is -0.940. The Morgan fingerprint density at radius 3 is 2.74 bits per heavy atom. The monoisotopic (exact) mass is 281 g/mol. The highest BCUT2D eigenvalue weighted by Gasteiger charge is 2.15. The average molecular weight is 281 g/mol. The Morgan fingerprint density at radius 1 is 1.26 bits per heavy atom. The first-order chi connectivity index (χ1) is 9.09. The molecular formula is C14H23N3OS. The first-order valence-electron chi connectivity index (χ1n) is 7.09. The SMILES string of the molecule is CN(C)CCCn1c2c(c(=S)[nH]c1=O)CCCCC2. The van der Waals surface area contributed by atoms with E-state index < -0.39 is 0 Å². The van der Waals surface area contributed by atoms with Crippen molar-refractivity contribution in [3.63, 3.8) is 0 Å². The molecule has 0 aliphatic heterocycles. The van der Waals surface area contributed by atoms with Gasteiger partial charge in [-0.25, -0.2) is 4.79 Å². The molecule has 0 bridgehead atoms. The van der Waals surface area contributed by atoms with Crippen LogP contribution in [0.1, 0.15) is 36.9 Å². The van der Waals surface area contributed by atoms with Crippen LogP contribution in [0.4, 0.5) is 0 Å². The van der Waals surface area contributed by atoms with Crippen molar-refractivity contribution in [1.29, 1.82) is 0 Å². The summed E-state index contributed by atoms with van der Waals surface area (Å²) in [4.78, 5) is 17.1. The Morgan fingerprint density at radius 2 is 2.00 bits per heavy atom. The molecule has 0 fully saturated rings. The smallest absolute Gasteiger partial charge is 0.309 e. The second kappa shape index (κ2) is 6.48. The zero-order valence-corrected chi connectivity index (χ0v) is 12.7. The number of nitrogens with zero attached hydrogens (tertiary/aromatic N) is 2. The summed E-state index contributed by atoms with van der Waals surface area (Å²) >= 11 is 5.32. The van der Waals surface area contributed by atoms with Crippen molar-refractivity contribution in [2.75, 3.05) is 20.6 Å². The molecule has 1 N–H and O–H groups in total. The number of fused-ring (bicyclic) bond motifs is 1. The highest BCUT2D eigenvalue weighted by molar-refractivity contribution is 7.71. The largest absolute Gasteiger partial charge is 0.326 e. The second-order valence-electron chi connectivity index (χ2n) is 5.55. The lowest BCUT2D eigenvalue weighted by Crippen LogP contribution is -2.29. The molecule has 1 heterocycles. The van der Waals surface area contributed by atoms with Gasteiger partial charge in [0.1, 0.15) is 4.64 Å². The first-order valence-corrected chi connectivity index (χ1v) is 7.50. The molecule has 0 saturated heterocycles. The summed E-state index contributed by atoms with van der Waals surface area (Å²) < 4.78 is 2.57. The molecule has 0 aromatic carbocycles. The Kier molecular flexibility index (Phi) is 4.93. The molecule has 19 heavy (non-hydrogen) atoms. The lowest BCUT2D eigenvalue weighted by molar-refractivity contribution is 0.381. The number of nitrogens with one attached hydrogen (secondary N) is 1. The predicted octanol–water partition coefficient (Wildman–Crippen LogP) is 2.13. The predicted molar refractivity (Wildman–Crippen MR) is 80.3 cm³/mol. The highest BCUT2D eigenvalue weighted by atomic mass is 32.1. The zero-order valence-electron chi connectivity index (χ0n) is 11.9. The van der Waals surface area contributed by atoms with E-state index in [-0.39, 0.29) is 5.69 Å². The topological polar surface area (TPSA) is 41.0 Å². The zero-order chi connectivity index (χ0) is 13.8. The molecule has 5 heteroatoms. The molecule has 1 aliphatic carbocycles. The lowest BCUT2D eigenvalue weighted by atomic mass is 10.1. The van der Waals surface area contributed by atoms with Crippen LogP contribution in [-0.2, 0) is 19.4 Å². The normalized spacial score (nSPS) is 15.3. The minimum absolute atomic E-state index is 0.0376. The Labute approximate surface area is 119 Å². The van der Waals surface area contributed by atoms with Gasteiger partial charge in [0, 0.05) is 17.8 Å². The van der Waals surface area contributed by atoms with E-state index in [1.165, 1.54) is 30.5 Å². The molecule has 1 aromatic rings. The molecule has 0 spiro atoms. The van der Waals surface area contributed by atoms with Gasteiger partial charge in [-0.2, -0.15) is 0 Å². The van der Waals surface area contributed by atoms with Crippen LogP contribution in [0.25, 0.3) is 0 Å². The van der Waals surface area contributed by atoms with Gasteiger partial charge in [-0.05, 0) is 52.7 Å². The third kappa shape index (κ3) is 3.54. The van der Waals surface area contributed by atoms with Gasteiger partial charge in [0.25, 0.3) is 0 Å². The van der Waals surface area contributed by atoms with Gasteiger partial charge in [-0.3, -0.25) is 9.55 Å². The van der Waals surface area contributed by atoms with E-state index >= 15 is 0 Å². The van der Waals surface area contributed by atoms with Crippen LogP contribution >= 0.6 is 12.2 Å². The first kappa shape index (κ1) is 14.5. The van der Waals surface area contributed by atoms with Crippen LogP contribution in [-0.4, -0.2) is 35.1 Å². The molecule has 0 unspecified atom stereocenters. The third-order valence-electron chi connectivity index (χ3n) is 3.74. The van der Waals surface area contributed by atoms with Crippen LogP contribution in [0.15, 0.2) is 4.79 Å². The van der Waals surface area contributed by atoms with Crippen molar-refractivity contribution in [3.8, 4) is 0 Å². The molecule has 106 valence electrons. The summed E-state index contributed by atoms with van der Waals surface area (Å²) in [6.07, 6.45) is 6.57. The highest BCUT2D eigenvalue weighted by Crippen LogP contribution is 2.19. The number of aromatic nitrogens is 2. The van der Waals surface area contributed by atoms with Crippen LogP contribution in [0.3, 0.4) is 0 Å². The van der Waals surface area contributed by atoms with E-state index in [9.17, 15) is 4.79 Å². The number of hydrogen-bond donors (Lipinski definition) is 1. The van der Waals surface area contributed by atoms with E-state index in [2.05, 4.69) is 24.0 Å². The summed E-state index contributed by atoms with van der Waals surface area (Å²) in [6.45, 7) is 1.78. The van der Waals surface area contributed by atoms with Crippen molar-refractivity contribution in [3.05, 3.63) is 26.4 Å². The molecule has 2 rings (SSSR count). The van der Waals surface area contributed by atoms with Gasteiger partial charge in [-0.1, -0.05) is 18.6 Å². The van der Waals surface area contributed by atoms with Crippen molar-refractivity contribution < 1.29 is 0 Å². The maximum Gasteiger partial charge on any atom is 0.326 e. The Balaban J connectivity index is 2.31. The van der Waals surface area contributed by atoms with Crippen molar-refractivity contribution in [2.45, 2.75) is 45.1 Å². The molecule has 1 aromatic heterocycles. The minimum atomic E-state index is -0.0376. The number of H-pyrrole nitrogens is 1. The molecule has 0 saturated carbocycles. The molecule has 0 amide bonds. The second-order valence-corrected chi connectivity index (χ2v) is 5.96. The van der Waals surface area contributed by atoms with E-state index in [0.29, 0.717) is 4.64 Å². The summed E-state index contributed by atoms with van der Waals surface area (Å²) in [5, 5.41) is 0. The third-order valence-corrected chi connectivity index (χ3v) is 4.09. The number of aromatic amines is 1. The fraction of sp³-hybridized carbons (Fsp3) is 0.714.